The number of nitrogens with two attached hydrogens (primary N) is 1. The van der Waals surface area contributed by atoms with Gasteiger partial charge in [-0.15, -0.1) is 0 Å². The number of aryl methyl sites for hydroxylation is 1. The lowest BCUT2D eigenvalue weighted by Gasteiger charge is -2.09. The molecule has 20 heavy (non-hydrogen) atoms. The van der Waals surface area contributed by atoms with E-state index in [2.05, 4.69) is 5.32 Å². The summed E-state index contributed by atoms with van der Waals surface area (Å²) in [5.74, 6) is -0.362. The number of anilines is 2. The number of carbonyl (C=O) groups is 1. The van der Waals surface area contributed by atoms with E-state index in [1.54, 1.807) is 30.3 Å². The van der Waals surface area contributed by atoms with Crippen molar-refractivity contribution in [2.75, 3.05) is 11.1 Å². The number of amides is 1. The van der Waals surface area contributed by atoms with Gasteiger partial charge in [-0.05, 0) is 42.8 Å². The van der Waals surface area contributed by atoms with Gasteiger partial charge < -0.3 is 11.1 Å². The number of carbonyl (C=O) groups excluding carboxylic acids is 1. The van der Waals surface area contributed by atoms with Crippen LogP contribution in [-0.2, 0) is 0 Å². The molecule has 2 aromatic carbocycles. The van der Waals surface area contributed by atoms with Crippen molar-refractivity contribution in [1.29, 1.82) is 5.26 Å². The Balaban J connectivity index is 2.30. The van der Waals surface area contributed by atoms with E-state index in [1.807, 2.05) is 13.0 Å². The SMILES string of the molecule is Cc1ccc(C(=O)Nc2cc(C#N)ccc2Cl)c(N)c1. The molecule has 5 heteroatoms. The van der Waals surface area contributed by atoms with Crippen LogP contribution in [0.5, 0.6) is 0 Å². The van der Waals surface area contributed by atoms with Crippen molar-refractivity contribution < 1.29 is 4.79 Å². The van der Waals surface area contributed by atoms with Crippen LogP contribution in [0, 0.1) is 18.3 Å². The number of nitrogens with one attached hydrogen (secondary N) is 1. The predicted molar refractivity (Wildman–Crippen MR) is 79.7 cm³/mol. The Hall–Kier alpha value is -2.51. The number of nitriles is 1. The van der Waals surface area contributed by atoms with Crippen LogP contribution < -0.4 is 11.1 Å². The van der Waals surface area contributed by atoms with E-state index in [-0.39, 0.29) is 5.91 Å². The van der Waals surface area contributed by atoms with E-state index in [0.29, 0.717) is 27.5 Å². The summed E-state index contributed by atoms with van der Waals surface area (Å²) >= 11 is 5.99. The molecule has 0 fully saturated rings. The Kier molecular flexibility index (Phi) is 3.92. The van der Waals surface area contributed by atoms with Crippen molar-refractivity contribution in [3.8, 4) is 6.07 Å². The fourth-order valence-corrected chi connectivity index (χ4v) is 1.93. The first-order valence-electron chi connectivity index (χ1n) is 5.88. The average Bonchev–Trinajstić information content (AvgIpc) is 2.41. The standard InChI is InChI=1S/C15H12ClN3O/c1-9-2-4-11(13(18)6-9)15(20)19-14-7-10(8-17)3-5-12(14)16/h2-7H,18H2,1H3,(H,19,20). The summed E-state index contributed by atoms with van der Waals surface area (Å²) in [7, 11) is 0. The monoisotopic (exact) mass is 285 g/mol. The first-order chi connectivity index (χ1) is 9.51. The van der Waals surface area contributed by atoms with Crippen molar-refractivity contribution in [2.45, 2.75) is 6.92 Å². The molecular formula is C15H12ClN3O. The summed E-state index contributed by atoms with van der Waals surface area (Å²) in [6, 6.07) is 11.8. The molecule has 0 bridgehead atoms. The molecule has 0 aromatic heterocycles. The molecule has 100 valence electrons. The summed E-state index contributed by atoms with van der Waals surface area (Å²) in [5, 5.41) is 11.9. The van der Waals surface area contributed by atoms with E-state index < -0.39 is 0 Å². The summed E-state index contributed by atoms with van der Waals surface area (Å²) in [5.41, 5.74) is 8.37. The third kappa shape index (κ3) is 2.90. The molecule has 0 atom stereocenters. The second-order valence-electron chi connectivity index (χ2n) is 4.35. The summed E-state index contributed by atoms with van der Waals surface area (Å²) in [6.45, 7) is 1.89. The minimum Gasteiger partial charge on any atom is -0.398 e. The van der Waals surface area contributed by atoms with Crippen molar-refractivity contribution in [2.24, 2.45) is 0 Å². The lowest BCUT2D eigenvalue weighted by molar-refractivity contribution is 0.102. The molecule has 0 aliphatic carbocycles. The van der Waals surface area contributed by atoms with Crippen LogP contribution in [-0.4, -0.2) is 5.91 Å². The molecule has 2 aromatic rings. The van der Waals surface area contributed by atoms with Crippen LogP contribution in [0.4, 0.5) is 11.4 Å². The van der Waals surface area contributed by atoms with Crippen LogP contribution in [0.25, 0.3) is 0 Å². The third-order valence-electron chi connectivity index (χ3n) is 2.80. The summed E-state index contributed by atoms with van der Waals surface area (Å²) in [6.07, 6.45) is 0. The molecule has 3 N–H and O–H groups in total. The van der Waals surface area contributed by atoms with Gasteiger partial charge in [-0.25, -0.2) is 0 Å². The molecule has 4 nitrogen and oxygen atoms in total. The smallest absolute Gasteiger partial charge is 0.257 e. The van der Waals surface area contributed by atoms with Gasteiger partial charge in [0, 0.05) is 5.69 Å². The van der Waals surface area contributed by atoms with E-state index in [0.717, 1.165) is 5.56 Å². The maximum Gasteiger partial charge on any atom is 0.257 e. The van der Waals surface area contributed by atoms with Gasteiger partial charge in [0.15, 0.2) is 0 Å². The maximum absolute atomic E-state index is 12.2. The number of rotatable bonds is 2. The van der Waals surface area contributed by atoms with Crippen LogP contribution >= 0.6 is 11.6 Å². The van der Waals surface area contributed by atoms with Gasteiger partial charge in [0.25, 0.3) is 5.91 Å². The van der Waals surface area contributed by atoms with Crippen molar-refractivity contribution in [1.82, 2.24) is 0 Å². The largest absolute Gasteiger partial charge is 0.398 e. The van der Waals surface area contributed by atoms with Gasteiger partial charge in [0.1, 0.15) is 0 Å². The Morgan fingerprint density at radius 2 is 2.05 bits per heavy atom. The van der Waals surface area contributed by atoms with E-state index in [1.165, 1.54) is 6.07 Å². The molecule has 0 spiro atoms. The fourth-order valence-electron chi connectivity index (χ4n) is 1.77. The van der Waals surface area contributed by atoms with Crippen LogP contribution in [0.3, 0.4) is 0 Å². The topological polar surface area (TPSA) is 78.9 Å². The number of hydrogen-bond acceptors (Lipinski definition) is 3. The molecular weight excluding hydrogens is 274 g/mol. The highest BCUT2D eigenvalue weighted by Gasteiger charge is 2.12. The number of hydrogen-bond donors (Lipinski definition) is 2. The Bertz CT molecular complexity index is 720. The number of halogens is 1. The van der Waals surface area contributed by atoms with E-state index in [9.17, 15) is 4.79 Å². The molecule has 0 radical (unpaired) electrons. The number of nitrogen functional groups attached to an aromatic ring is 1. The van der Waals surface area contributed by atoms with Gasteiger partial charge in [-0.3, -0.25) is 4.79 Å². The lowest BCUT2D eigenvalue weighted by atomic mass is 10.1. The minimum absolute atomic E-state index is 0.362. The van der Waals surface area contributed by atoms with Gasteiger partial charge in [-0.1, -0.05) is 17.7 Å². The highest BCUT2D eigenvalue weighted by molar-refractivity contribution is 6.34. The lowest BCUT2D eigenvalue weighted by Crippen LogP contribution is -2.14. The highest BCUT2D eigenvalue weighted by atomic mass is 35.5. The van der Waals surface area contributed by atoms with Gasteiger partial charge in [0.2, 0.25) is 0 Å². The number of benzene rings is 2. The third-order valence-corrected chi connectivity index (χ3v) is 3.12. The molecule has 0 aliphatic heterocycles. The summed E-state index contributed by atoms with van der Waals surface area (Å²) in [4.78, 5) is 12.2. The Morgan fingerprint density at radius 3 is 2.70 bits per heavy atom. The first kappa shape index (κ1) is 13.9. The Labute approximate surface area is 121 Å². The molecule has 0 unspecified atom stereocenters. The van der Waals surface area contributed by atoms with Crippen LogP contribution in [0.15, 0.2) is 36.4 Å². The molecule has 0 saturated heterocycles. The van der Waals surface area contributed by atoms with Crippen molar-refractivity contribution in [3.63, 3.8) is 0 Å². The van der Waals surface area contributed by atoms with Gasteiger partial charge in [-0.2, -0.15) is 5.26 Å². The molecule has 2 rings (SSSR count). The van der Waals surface area contributed by atoms with Crippen LogP contribution in [0.1, 0.15) is 21.5 Å². The number of nitrogens with zero attached hydrogens (tertiary/aromatic N) is 1. The zero-order chi connectivity index (χ0) is 14.7. The predicted octanol–water partition coefficient (Wildman–Crippen LogP) is 3.35. The highest BCUT2D eigenvalue weighted by Crippen LogP contribution is 2.24. The zero-order valence-corrected chi connectivity index (χ0v) is 11.5. The molecule has 1 amide bonds. The minimum atomic E-state index is -0.362. The molecule has 0 saturated carbocycles. The maximum atomic E-state index is 12.2. The van der Waals surface area contributed by atoms with Gasteiger partial charge >= 0.3 is 0 Å². The second kappa shape index (κ2) is 5.64. The van der Waals surface area contributed by atoms with E-state index in [4.69, 9.17) is 22.6 Å². The van der Waals surface area contributed by atoms with Crippen molar-refractivity contribution >= 4 is 28.9 Å². The van der Waals surface area contributed by atoms with Gasteiger partial charge in [0.05, 0.1) is 27.9 Å². The first-order valence-corrected chi connectivity index (χ1v) is 6.26. The fraction of sp³-hybridized carbons (Fsp3) is 0.0667. The van der Waals surface area contributed by atoms with Crippen LogP contribution in [0.2, 0.25) is 5.02 Å². The molecule has 0 heterocycles. The van der Waals surface area contributed by atoms with E-state index >= 15 is 0 Å². The Morgan fingerprint density at radius 1 is 1.30 bits per heavy atom. The summed E-state index contributed by atoms with van der Waals surface area (Å²) < 4.78 is 0. The zero-order valence-electron chi connectivity index (χ0n) is 10.8. The second-order valence-corrected chi connectivity index (χ2v) is 4.76. The van der Waals surface area contributed by atoms with Crippen molar-refractivity contribution in [3.05, 3.63) is 58.1 Å². The average molecular weight is 286 g/mol. The quantitative estimate of drug-likeness (QED) is 0.831. The molecule has 0 aliphatic rings. The normalized spacial score (nSPS) is 9.85.